The molecule has 0 aliphatic heterocycles. The first-order valence-electron chi connectivity index (χ1n) is 10.6. The van der Waals surface area contributed by atoms with Crippen molar-refractivity contribution in [1.82, 2.24) is 5.32 Å². The maximum Gasteiger partial charge on any atom is 0.408 e. The van der Waals surface area contributed by atoms with Gasteiger partial charge in [0.2, 0.25) is 0 Å². The molecule has 2 aromatic carbocycles. The molecule has 0 aromatic heterocycles. The Bertz CT molecular complexity index is 1010. The van der Waals surface area contributed by atoms with E-state index in [1.807, 2.05) is 0 Å². The van der Waals surface area contributed by atoms with E-state index in [-0.39, 0.29) is 12.2 Å². The molecule has 1 atom stereocenters. The van der Waals surface area contributed by atoms with Crippen LogP contribution in [0.5, 0.6) is 0 Å². The zero-order valence-electron chi connectivity index (χ0n) is 19.1. The SMILES string of the molecule is CC(C)(C)OC(=O)NC(C)(c1ccccc1F)C1(C(=O)OCc2ccccc2)CC(F)(F)C1. The minimum Gasteiger partial charge on any atom is -0.460 e. The fourth-order valence-electron chi connectivity index (χ4n) is 4.21. The van der Waals surface area contributed by atoms with Crippen LogP contribution in [0.25, 0.3) is 0 Å². The van der Waals surface area contributed by atoms with Crippen molar-refractivity contribution in [2.75, 3.05) is 0 Å². The molecule has 0 heterocycles. The van der Waals surface area contributed by atoms with Crippen LogP contribution in [0.2, 0.25) is 0 Å². The van der Waals surface area contributed by atoms with Crippen LogP contribution in [-0.2, 0) is 26.4 Å². The van der Waals surface area contributed by atoms with E-state index in [4.69, 9.17) is 9.47 Å². The summed E-state index contributed by atoms with van der Waals surface area (Å²) < 4.78 is 54.2. The van der Waals surface area contributed by atoms with Crippen LogP contribution >= 0.6 is 0 Å². The Labute approximate surface area is 191 Å². The van der Waals surface area contributed by atoms with Crippen LogP contribution in [0.3, 0.4) is 0 Å². The van der Waals surface area contributed by atoms with E-state index in [9.17, 15) is 22.8 Å². The van der Waals surface area contributed by atoms with Gasteiger partial charge in [0, 0.05) is 18.4 Å². The highest BCUT2D eigenvalue weighted by Gasteiger charge is 2.71. The Kier molecular flexibility index (Phi) is 6.51. The van der Waals surface area contributed by atoms with E-state index in [2.05, 4.69) is 5.32 Å². The lowest BCUT2D eigenvalue weighted by molar-refractivity contribution is -0.219. The molecule has 2 aromatic rings. The van der Waals surface area contributed by atoms with Crippen molar-refractivity contribution in [3.05, 3.63) is 71.5 Å². The molecular formula is C25H28F3NO4. The Morgan fingerprint density at radius 3 is 2.09 bits per heavy atom. The molecule has 1 saturated carbocycles. The second-order valence-corrected chi connectivity index (χ2v) is 9.59. The van der Waals surface area contributed by atoms with Crippen LogP contribution in [0.4, 0.5) is 18.0 Å². The monoisotopic (exact) mass is 463 g/mol. The third kappa shape index (κ3) is 5.15. The number of alkyl halides is 2. The van der Waals surface area contributed by atoms with E-state index in [1.54, 1.807) is 51.1 Å². The summed E-state index contributed by atoms with van der Waals surface area (Å²) in [6.45, 7) is 6.11. The Hall–Kier alpha value is -3.03. The zero-order valence-corrected chi connectivity index (χ0v) is 19.1. The first-order valence-corrected chi connectivity index (χ1v) is 10.6. The first-order chi connectivity index (χ1) is 15.3. The van der Waals surface area contributed by atoms with Crippen LogP contribution in [0.15, 0.2) is 54.6 Å². The summed E-state index contributed by atoms with van der Waals surface area (Å²) in [5, 5.41) is 2.53. The summed E-state index contributed by atoms with van der Waals surface area (Å²) in [4.78, 5) is 26.0. The summed E-state index contributed by atoms with van der Waals surface area (Å²) in [6, 6.07) is 14.2. The van der Waals surface area contributed by atoms with Crippen molar-refractivity contribution in [2.45, 2.75) is 64.2 Å². The third-order valence-electron chi connectivity index (χ3n) is 5.84. The van der Waals surface area contributed by atoms with Crippen LogP contribution in [0.1, 0.15) is 51.7 Å². The molecule has 1 aliphatic carbocycles. The van der Waals surface area contributed by atoms with Crippen LogP contribution in [0, 0.1) is 11.2 Å². The summed E-state index contributed by atoms with van der Waals surface area (Å²) in [5.41, 5.74) is -4.12. The average Bonchev–Trinajstić information content (AvgIpc) is 2.69. The highest BCUT2D eigenvalue weighted by Crippen LogP contribution is 2.61. The van der Waals surface area contributed by atoms with Crippen molar-refractivity contribution in [3.8, 4) is 0 Å². The highest BCUT2D eigenvalue weighted by molar-refractivity contribution is 5.83. The maximum absolute atomic E-state index is 14.9. The molecule has 1 amide bonds. The Morgan fingerprint density at radius 1 is 0.970 bits per heavy atom. The van der Waals surface area contributed by atoms with Crippen molar-refractivity contribution >= 4 is 12.1 Å². The number of benzene rings is 2. The minimum absolute atomic E-state index is 0.108. The lowest BCUT2D eigenvalue weighted by Gasteiger charge is -2.55. The molecule has 1 aliphatic rings. The maximum atomic E-state index is 14.9. The number of alkyl carbamates (subject to hydrolysis) is 1. The normalized spacial score (nSPS) is 18.4. The number of esters is 1. The molecule has 0 radical (unpaired) electrons. The molecule has 178 valence electrons. The number of amides is 1. The molecular weight excluding hydrogens is 435 g/mol. The Balaban J connectivity index is 2.02. The fourth-order valence-corrected chi connectivity index (χ4v) is 4.21. The molecule has 0 bridgehead atoms. The van der Waals surface area contributed by atoms with Gasteiger partial charge in [-0.25, -0.2) is 18.0 Å². The van der Waals surface area contributed by atoms with Gasteiger partial charge >= 0.3 is 12.1 Å². The van der Waals surface area contributed by atoms with Crippen molar-refractivity contribution in [2.24, 2.45) is 5.41 Å². The number of ether oxygens (including phenoxy) is 2. The van der Waals surface area contributed by atoms with Gasteiger partial charge in [-0.1, -0.05) is 48.5 Å². The standard InChI is InChI=1S/C25H28F3NO4/c1-22(2,3)33-21(31)29-23(4,18-12-8-9-13-19(18)26)24(15-25(27,28)16-24)20(30)32-14-17-10-6-5-7-11-17/h5-13H,14-16H2,1-4H3,(H,29,31). The van der Waals surface area contributed by atoms with Gasteiger partial charge < -0.3 is 14.8 Å². The predicted octanol–water partition coefficient (Wildman–Crippen LogP) is 5.72. The smallest absolute Gasteiger partial charge is 0.408 e. The predicted molar refractivity (Wildman–Crippen MR) is 116 cm³/mol. The number of halogens is 3. The van der Waals surface area contributed by atoms with E-state index in [1.165, 1.54) is 25.1 Å². The fraction of sp³-hybridized carbons (Fsp3) is 0.440. The zero-order chi connectivity index (χ0) is 24.5. The van der Waals surface area contributed by atoms with Gasteiger partial charge in [-0.15, -0.1) is 0 Å². The quantitative estimate of drug-likeness (QED) is 0.556. The minimum atomic E-state index is -3.17. The number of nitrogens with one attached hydrogen (secondary N) is 1. The Morgan fingerprint density at radius 2 is 1.55 bits per heavy atom. The average molecular weight is 463 g/mol. The summed E-state index contributed by atoms with van der Waals surface area (Å²) in [6.07, 6.45) is -2.78. The first kappa shape index (κ1) is 24.6. The number of hydrogen-bond donors (Lipinski definition) is 1. The molecule has 8 heteroatoms. The van der Waals surface area contributed by atoms with E-state index in [0.29, 0.717) is 5.56 Å². The molecule has 5 nitrogen and oxygen atoms in total. The number of rotatable bonds is 6. The van der Waals surface area contributed by atoms with Gasteiger partial charge in [0.05, 0.1) is 5.54 Å². The molecule has 1 unspecified atom stereocenters. The molecule has 1 fully saturated rings. The van der Waals surface area contributed by atoms with E-state index >= 15 is 0 Å². The van der Waals surface area contributed by atoms with Gasteiger partial charge in [0.15, 0.2) is 0 Å². The number of carbonyl (C=O) groups is 2. The van der Waals surface area contributed by atoms with Gasteiger partial charge in [-0.3, -0.25) is 4.79 Å². The summed E-state index contributed by atoms with van der Waals surface area (Å²) in [7, 11) is 0. The van der Waals surface area contributed by atoms with Crippen molar-refractivity contribution < 1.29 is 32.2 Å². The second-order valence-electron chi connectivity index (χ2n) is 9.59. The number of carbonyl (C=O) groups excluding carboxylic acids is 2. The van der Waals surface area contributed by atoms with Gasteiger partial charge in [-0.05, 0) is 39.3 Å². The largest absolute Gasteiger partial charge is 0.460 e. The molecule has 33 heavy (non-hydrogen) atoms. The summed E-state index contributed by atoms with van der Waals surface area (Å²) in [5.74, 6) is -4.87. The molecule has 0 spiro atoms. The highest BCUT2D eigenvalue weighted by atomic mass is 19.3. The van der Waals surface area contributed by atoms with E-state index < -0.39 is 53.2 Å². The summed E-state index contributed by atoms with van der Waals surface area (Å²) >= 11 is 0. The molecule has 3 rings (SSSR count). The van der Waals surface area contributed by atoms with Crippen LogP contribution in [-0.4, -0.2) is 23.6 Å². The second kappa shape index (κ2) is 8.72. The lowest BCUT2D eigenvalue weighted by atomic mass is 9.53. The lowest BCUT2D eigenvalue weighted by Crippen LogP contribution is -2.68. The van der Waals surface area contributed by atoms with Gasteiger partial charge in [0.1, 0.15) is 23.4 Å². The van der Waals surface area contributed by atoms with Crippen molar-refractivity contribution in [1.29, 1.82) is 0 Å². The van der Waals surface area contributed by atoms with Crippen molar-refractivity contribution in [3.63, 3.8) is 0 Å². The molecule has 1 N–H and O–H groups in total. The van der Waals surface area contributed by atoms with Gasteiger partial charge in [0.25, 0.3) is 5.92 Å². The van der Waals surface area contributed by atoms with Crippen LogP contribution < -0.4 is 5.32 Å². The third-order valence-corrected chi connectivity index (χ3v) is 5.84. The van der Waals surface area contributed by atoms with Gasteiger partial charge in [-0.2, -0.15) is 0 Å². The number of hydrogen-bond acceptors (Lipinski definition) is 4. The molecule has 0 saturated heterocycles. The van der Waals surface area contributed by atoms with E-state index in [0.717, 1.165) is 6.07 Å². The topological polar surface area (TPSA) is 64.6 Å².